The van der Waals surface area contributed by atoms with Crippen molar-refractivity contribution in [1.29, 1.82) is 0 Å². The molecular formula is C20H17N3O4. The summed E-state index contributed by atoms with van der Waals surface area (Å²) >= 11 is 0. The Morgan fingerprint density at radius 1 is 1.04 bits per heavy atom. The molecule has 2 rings (SSSR count). The predicted octanol–water partition coefficient (Wildman–Crippen LogP) is 0.358. The van der Waals surface area contributed by atoms with Crippen molar-refractivity contribution in [1.82, 2.24) is 10.8 Å². The standard InChI is InChI=1S/C20H17N3O4/c21-13-18(20(26)23-27)22-19(25)16-10-8-14(9-11-16)4-1-2-5-15-6-3-7-17(24)12-15/h3,6-12,18,24,27H,13,21H2,(H,22,25)(H,23,26)/t18-/m0/s1. The quantitative estimate of drug-likeness (QED) is 0.305. The summed E-state index contributed by atoms with van der Waals surface area (Å²) in [5, 5.41) is 20.4. The van der Waals surface area contributed by atoms with Crippen LogP contribution in [0.3, 0.4) is 0 Å². The molecule has 0 fully saturated rings. The molecule has 0 aliphatic rings. The highest BCUT2D eigenvalue weighted by Gasteiger charge is 2.19. The lowest BCUT2D eigenvalue weighted by molar-refractivity contribution is -0.130. The Bertz CT molecular complexity index is 947. The zero-order valence-corrected chi connectivity index (χ0v) is 14.2. The molecule has 0 spiro atoms. The number of phenolic OH excluding ortho intramolecular Hbond substituents is 1. The summed E-state index contributed by atoms with van der Waals surface area (Å²) in [6.45, 7) is -0.153. The third-order valence-corrected chi connectivity index (χ3v) is 3.44. The number of hydroxylamine groups is 1. The minimum atomic E-state index is -1.03. The van der Waals surface area contributed by atoms with Crippen molar-refractivity contribution in [2.45, 2.75) is 6.04 Å². The molecule has 0 heterocycles. The van der Waals surface area contributed by atoms with Crippen LogP contribution in [0.2, 0.25) is 0 Å². The Morgan fingerprint density at radius 3 is 2.30 bits per heavy atom. The summed E-state index contributed by atoms with van der Waals surface area (Å²) in [5.74, 6) is 9.87. The normalized spacial score (nSPS) is 10.4. The van der Waals surface area contributed by atoms with E-state index in [1.807, 2.05) is 0 Å². The van der Waals surface area contributed by atoms with E-state index in [9.17, 15) is 14.7 Å². The van der Waals surface area contributed by atoms with Crippen LogP contribution in [0, 0.1) is 23.7 Å². The van der Waals surface area contributed by atoms with E-state index >= 15 is 0 Å². The smallest absolute Gasteiger partial charge is 0.267 e. The van der Waals surface area contributed by atoms with Gasteiger partial charge in [0.1, 0.15) is 11.8 Å². The van der Waals surface area contributed by atoms with Crippen LogP contribution in [0.4, 0.5) is 0 Å². The fourth-order valence-electron chi connectivity index (χ4n) is 2.05. The number of benzene rings is 2. The number of amides is 2. The number of hydrogen-bond acceptors (Lipinski definition) is 5. The average Bonchev–Trinajstić information content (AvgIpc) is 2.69. The van der Waals surface area contributed by atoms with Crippen molar-refractivity contribution < 1.29 is 19.9 Å². The van der Waals surface area contributed by atoms with Gasteiger partial charge in [0.05, 0.1) is 0 Å². The van der Waals surface area contributed by atoms with Crippen molar-refractivity contribution in [3.05, 3.63) is 65.2 Å². The zero-order chi connectivity index (χ0) is 19.6. The minimum Gasteiger partial charge on any atom is -0.508 e. The summed E-state index contributed by atoms with van der Waals surface area (Å²) in [4.78, 5) is 23.4. The van der Waals surface area contributed by atoms with Gasteiger partial charge in [-0.05, 0) is 54.3 Å². The van der Waals surface area contributed by atoms with E-state index in [1.54, 1.807) is 42.5 Å². The second-order valence-corrected chi connectivity index (χ2v) is 5.37. The Morgan fingerprint density at radius 2 is 1.70 bits per heavy atom. The molecule has 0 saturated carbocycles. The Balaban J connectivity index is 2.02. The second kappa shape index (κ2) is 9.64. The maximum absolute atomic E-state index is 12.1. The van der Waals surface area contributed by atoms with Gasteiger partial charge in [0.25, 0.3) is 11.8 Å². The lowest BCUT2D eigenvalue weighted by Crippen LogP contribution is -2.50. The molecule has 27 heavy (non-hydrogen) atoms. The lowest BCUT2D eigenvalue weighted by atomic mass is 10.1. The molecule has 2 amide bonds. The minimum absolute atomic E-state index is 0.136. The fourth-order valence-corrected chi connectivity index (χ4v) is 2.05. The number of carbonyl (C=O) groups excluding carboxylic acids is 2. The SMILES string of the molecule is NC[C@H](NC(=O)c1ccc(C#CC#Cc2cccc(O)c2)cc1)C(=O)NO. The first kappa shape index (κ1) is 19.5. The first-order valence-corrected chi connectivity index (χ1v) is 7.89. The second-order valence-electron chi connectivity index (χ2n) is 5.37. The number of nitrogens with two attached hydrogens (primary N) is 1. The Labute approximate surface area is 156 Å². The van der Waals surface area contributed by atoms with E-state index in [2.05, 4.69) is 29.0 Å². The van der Waals surface area contributed by atoms with E-state index in [-0.39, 0.29) is 12.3 Å². The molecule has 136 valence electrons. The number of carbonyl (C=O) groups is 2. The van der Waals surface area contributed by atoms with E-state index < -0.39 is 17.9 Å². The van der Waals surface area contributed by atoms with Gasteiger partial charge in [-0.2, -0.15) is 0 Å². The molecule has 1 atom stereocenters. The monoisotopic (exact) mass is 363 g/mol. The summed E-state index contributed by atoms with van der Waals surface area (Å²) in [6, 6.07) is 11.9. The zero-order valence-electron chi connectivity index (χ0n) is 14.2. The van der Waals surface area contributed by atoms with Gasteiger partial charge in [0, 0.05) is 23.2 Å². The highest BCUT2D eigenvalue weighted by atomic mass is 16.5. The van der Waals surface area contributed by atoms with Crippen LogP contribution in [-0.4, -0.2) is 34.7 Å². The van der Waals surface area contributed by atoms with E-state index in [1.165, 1.54) is 11.5 Å². The van der Waals surface area contributed by atoms with Crippen LogP contribution < -0.4 is 16.5 Å². The molecule has 2 aromatic carbocycles. The molecule has 6 N–H and O–H groups in total. The van der Waals surface area contributed by atoms with Crippen molar-refractivity contribution in [3.63, 3.8) is 0 Å². The first-order chi connectivity index (χ1) is 13.0. The third-order valence-electron chi connectivity index (χ3n) is 3.44. The number of phenols is 1. The van der Waals surface area contributed by atoms with Crippen LogP contribution in [0.1, 0.15) is 21.5 Å². The Hall–Kier alpha value is -3.78. The van der Waals surface area contributed by atoms with Gasteiger partial charge in [-0.3, -0.25) is 14.8 Å². The first-order valence-electron chi connectivity index (χ1n) is 7.89. The average molecular weight is 363 g/mol. The van der Waals surface area contributed by atoms with E-state index in [0.717, 1.165) is 0 Å². The molecule has 0 saturated heterocycles. The fraction of sp³-hybridized carbons (Fsp3) is 0.100. The highest BCUT2D eigenvalue weighted by Crippen LogP contribution is 2.09. The van der Waals surface area contributed by atoms with Gasteiger partial charge in [0.2, 0.25) is 0 Å². The third kappa shape index (κ3) is 5.91. The molecule has 0 aliphatic carbocycles. The van der Waals surface area contributed by atoms with Gasteiger partial charge in [-0.25, -0.2) is 5.48 Å². The molecule has 2 aromatic rings. The van der Waals surface area contributed by atoms with E-state index in [0.29, 0.717) is 16.7 Å². The number of hydrogen-bond donors (Lipinski definition) is 5. The largest absolute Gasteiger partial charge is 0.508 e. The topological polar surface area (TPSA) is 125 Å². The number of aromatic hydroxyl groups is 1. The predicted molar refractivity (Wildman–Crippen MR) is 98.5 cm³/mol. The summed E-state index contributed by atoms with van der Waals surface area (Å²) < 4.78 is 0. The summed E-state index contributed by atoms with van der Waals surface area (Å²) in [6.07, 6.45) is 0. The van der Waals surface area contributed by atoms with Gasteiger partial charge >= 0.3 is 0 Å². The van der Waals surface area contributed by atoms with Crippen molar-refractivity contribution in [2.75, 3.05) is 6.54 Å². The van der Waals surface area contributed by atoms with Gasteiger partial charge < -0.3 is 16.2 Å². The maximum atomic E-state index is 12.1. The van der Waals surface area contributed by atoms with Crippen LogP contribution in [0.5, 0.6) is 5.75 Å². The molecule has 0 aromatic heterocycles. The van der Waals surface area contributed by atoms with Crippen LogP contribution >= 0.6 is 0 Å². The van der Waals surface area contributed by atoms with E-state index in [4.69, 9.17) is 10.9 Å². The molecule has 0 aliphatic heterocycles. The lowest BCUT2D eigenvalue weighted by Gasteiger charge is -2.14. The van der Waals surface area contributed by atoms with Gasteiger partial charge in [-0.1, -0.05) is 17.9 Å². The van der Waals surface area contributed by atoms with Gasteiger partial charge in [0.15, 0.2) is 0 Å². The van der Waals surface area contributed by atoms with Crippen molar-refractivity contribution >= 4 is 11.8 Å². The van der Waals surface area contributed by atoms with Crippen LogP contribution in [-0.2, 0) is 4.79 Å². The van der Waals surface area contributed by atoms with Crippen molar-refractivity contribution in [3.8, 4) is 29.4 Å². The summed E-state index contributed by atoms with van der Waals surface area (Å²) in [5.41, 5.74) is 8.45. The molecule has 7 nitrogen and oxygen atoms in total. The number of nitrogens with one attached hydrogen (secondary N) is 2. The van der Waals surface area contributed by atoms with Gasteiger partial charge in [-0.15, -0.1) is 0 Å². The Kier molecular flexibility index (Phi) is 6.98. The molecule has 7 heteroatoms. The molecule has 0 unspecified atom stereocenters. The molecular weight excluding hydrogens is 346 g/mol. The molecule has 0 bridgehead atoms. The van der Waals surface area contributed by atoms with Crippen LogP contribution in [0.15, 0.2) is 48.5 Å². The maximum Gasteiger partial charge on any atom is 0.267 e. The van der Waals surface area contributed by atoms with Crippen LogP contribution in [0.25, 0.3) is 0 Å². The number of rotatable bonds is 4. The highest BCUT2D eigenvalue weighted by molar-refractivity contribution is 5.97. The van der Waals surface area contributed by atoms with Crippen molar-refractivity contribution in [2.24, 2.45) is 5.73 Å². The summed E-state index contributed by atoms with van der Waals surface area (Å²) in [7, 11) is 0. The molecule has 0 radical (unpaired) electrons.